The van der Waals surface area contributed by atoms with Gasteiger partial charge in [-0.2, -0.15) is 0 Å². The normalized spacial score (nSPS) is 13.5. The minimum absolute atomic E-state index is 0.246. The van der Waals surface area contributed by atoms with Crippen LogP contribution in [0.3, 0.4) is 0 Å². The number of nitrogens with one attached hydrogen (secondary N) is 1. The Kier molecular flexibility index (Phi) is 6.79. The van der Waals surface area contributed by atoms with Gasteiger partial charge in [-0.3, -0.25) is 19.3 Å². The quantitative estimate of drug-likeness (QED) is 0.501. The summed E-state index contributed by atoms with van der Waals surface area (Å²) in [6.07, 6.45) is 0. The molecule has 2 amide bonds. The lowest BCUT2D eigenvalue weighted by atomic mass is 10.1. The molecule has 174 valence electrons. The summed E-state index contributed by atoms with van der Waals surface area (Å²) in [4.78, 5) is 39.5. The highest BCUT2D eigenvalue weighted by Gasteiger charge is 2.33. The molecule has 9 heteroatoms. The maximum absolute atomic E-state index is 13.1. The lowest BCUT2D eigenvalue weighted by molar-refractivity contribution is -0.125. The number of nitrogens with zero attached hydrogens (tertiary/aromatic N) is 1. The second-order valence-corrected chi connectivity index (χ2v) is 7.96. The van der Waals surface area contributed by atoms with Gasteiger partial charge in [0, 0.05) is 11.3 Å². The number of fused-ring (bicyclic) bond motifs is 1. The number of halogens is 2. The van der Waals surface area contributed by atoms with Gasteiger partial charge in [0.15, 0.2) is 19.0 Å². The van der Waals surface area contributed by atoms with E-state index in [0.29, 0.717) is 27.9 Å². The van der Waals surface area contributed by atoms with Crippen LogP contribution in [0, 0.1) is 5.82 Å². The number of hydrogen-bond acceptors (Lipinski definition) is 5. The molecule has 1 heterocycles. The number of ketones is 1. The molecule has 0 fully saturated rings. The molecule has 3 aromatic rings. The van der Waals surface area contributed by atoms with E-state index in [0.717, 1.165) is 0 Å². The fourth-order valence-corrected chi connectivity index (χ4v) is 3.65. The zero-order valence-corrected chi connectivity index (χ0v) is 18.8. The SMILES string of the molecule is CC(C(=O)Nc1ccc(F)cc1)N1C(=O)COc2ccc(C(=O)COc3ccccc3Cl)cc21. The molecule has 0 radical (unpaired) electrons. The third-order valence-electron chi connectivity index (χ3n) is 5.23. The number of amides is 2. The van der Waals surface area contributed by atoms with E-state index in [1.165, 1.54) is 35.2 Å². The third kappa shape index (κ3) is 5.02. The highest BCUT2D eigenvalue weighted by molar-refractivity contribution is 6.32. The van der Waals surface area contributed by atoms with Crippen molar-refractivity contribution in [1.82, 2.24) is 0 Å². The molecule has 1 aliphatic heterocycles. The van der Waals surface area contributed by atoms with E-state index in [-0.39, 0.29) is 24.6 Å². The van der Waals surface area contributed by atoms with E-state index < -0.39 is 23.7 Å². The number of ether oxygens (including phenoxy) is 2. The molecule has 0 saturated carbocycles. The summed E-state index contributed by atoms with van der Waals surface area (Å²) in [6, 6.07) is 15.8. The molecule has 1 atom stereocenters. The Hall–Kier alpha value is -3.91. The highest BCUT2D eigenvalue weighted by Crippen LogP contribution is 2.35. The Morgan fingerprint density at radius 3 is 2.62 bits per heavy atom. The molecule has 1 N–H and O–H groups in total. The summed E-state index contributed by atoms with van der Waals surface area (Å²) in [6.45, 7) is 1.04. The lowest BCUT2D eigenvalue weighted by Gasteiger charge is -2.33. The van der Waals surface area contributed by atoms with Gasteiger partial charge in [-0.1, -0.05) is 23.7 Å². The summed E-state index contributed by atoms with van der Waals surface area (Å²) in [5.41, 5.74) is 0.960. The van der Waals surface area contributed by atoms with Crippen LogP contribution in [0.25, 0.3) is 0 Å². The van der Waals surface area contributed by atoms with Gasteiger partial charge in [-0.05, 0) is 61.5 Å². The van der Waals surface area contributed by atoms with Crippen molar-refractivity contribution in [2.45, 2.75) is 13.0 Å². The molecule has 0 aliphatic carbocycles. The van der Waals surface area contributed by atoms with E-state index in [1.807, 2.05) is 0 Å². The van der Waals surface area contributed by atoms with E-state index >= 15 is 0 Å². The number of anilines is 2. The van der Waals surface area contributed by atoms with Crippen LogP contribution >= 0.6 is 11.6 Å². The van der Waals surface area contributed by atoms with Crippen LogP contribution in [0.4, 0.5) is 15.8 Å². The van der Waals surface area contributed by atoms with Gasteiger partial charge in [0.05, 0.1) is 10.7 Å². The maximum Gasteiger partial charge on any atom is 0.265 e. The van der Waals surface area contributed by atoms with Gasteiger partial charge in [0.1, 0.15) is 23.4 Å². The predicted molar refractivity (Wildman–Crippen MR) is 125 cm³/mol. The van der Waals surface area contributed by atoms with Gasteiger partial charge < -0.3 is 14.8 Å². The number of Topliss-reactive ketones (excluding diaryl/α,β-unsaturated/α-hetero) is 1. The number of carbonyl (C=O) groups is 3. The second kappa shape index (κ2) is 9.93. The highest BCUT2D eigenvalue weighted by atomic mass is 35.5. The Morgan fingerprint density at radius 1 is 1.15 bits per heavy atom. The van der Waals surface area contributed by atoms with E-state index in [9.17, 15) is 18.8 Å². The first kappa shape index (κ1) is 23.3. The Bertz CT molecular complexity index is 1250. The van der Waals surface area contributed by atoms with E-state index in [2.05, 4.69) is 5.32 Å². The topological polar surface area (TPSA) is 84.9 Å². The first-order valence-corrected chi connectivity index (χ1v) is 10.8. The molecular formula is C25H20ClFN2O5. The number of para-hydroxylation sites is 1. The number of benzene rings is 3. The van der Waals surface area contributed by atoms with Gasteiger partial charge in [0.2, 0.25) is 5.91 Å². The largest absolute Gasteiger partial charge is 0.484 e. The molecule has 7 nitrogen and oxygen atoms in total. The molecule has 1 aliphatic rings. The Labute approximate surface area is 200 Å². The first-order valence-electron chi connectivity index (χ1n) is 10.4. The zero-order valence-electron chi connectivity index (χ0n) is 18.1. The molecule has 34 heavy (non-hydrogen) atoms. The van der Waals surface area contributed by atoms with Gasteiger partial charge in [0.25, 0.3) is 5.91 Å². The lowest BCUT2D eigenvalue weighted by Crippen LogP contribution is -2.49. The smallest absolute Gasteiger partial charge is 0.265 e. The molecule has 0 saturated heterocycles. The molecule has 3 aromatic carbocycles. The average molecular weight is 483 g/mol. The van der Waals surface area contributed by atoms with Crippen LogP contribution < -0.4 is 19.7 Å². The summed E-state index contributed by atoms with van der Waals surface area (Å²) < 4.78 is 24.1. The van der Waals surface area contributed by atoms with Gasteiger partial charge in [-0.15, -0.1) is 0 Å². The summed E-state index contributed by atoms with van der Waals surface area (Å²) in [7, 11) is 0. The summed E-state index contributed by atoms with van der Waals surface area (Å²) >= 11 is 6.06. The molecule has 1 unspecified atom stereocenters. The van der Waals surface area contributed by atoms with Crippen LogP contribution in [-0.2, 0) is 9.59 Å². The van der Waals surface area contributed by atoms with Crippen molar-refractivity contribution in [2.24, 2.45) is 0 Å². The molecule has 4 rings (SSSR count). The first-order chi connectivity index (χ1) is 16.3. The van der Waals surface area contributed by atoms with E-state index in [1.54, 1.807) is 43.3 Å². The minimum atomic E-state index is -0.926. The summed E-state index contributed by atoms with van der Waals surface area (Å²) in [5.74, 6) is -0.952. The van der Waals surface area contributed by atoms with Crippen LogP contribution in [0.2, 0.25) is 5.02 Å². The minimum Gasteiger partial charge on any atom is -0.484 e. The van der Waals surface area contributed by atoms with Crippen LogP contribution in [0.1, 0.15) is 17.3 Å². The fraction of sp³-hybridized carbons (Fsp3) is 0.160. The van der Waals surface area contributed by atoms with Gasteiger partial charge in [-0.25, -0.2) is 4.39 Å². The number of rotatable bonds is 7. The third-order valence-corrected chi connectivity index (χ3v) is 5.55. The molecular weight excluding hydrogens is 463 g/mol. The van der Waals surface area contributed by atoms with Crippen molar-refractivity contribution in [3.63, 3.8) is 0 Å². The van der Waals surface area contributed by atoms with Crippen LogP contribution in [0.5, 0.6) is 11.5 Å². The fourth-order valence-electron chi connectivity index (χ4n) is 3.45. The van der Waals surface area contributed by atoms with Crippen LogP contribution in [-0.4, -0.2) is 36.9 Å². The monoisotopic (exact) mass is 482 g/mol. The van der Waals surface area contributed by atoms with Crippen molar-refractivity contribution in [1.29, 1.82) is 0 Å². The average Bonchev–Trinajstić information content (AvgIpc) is 2.84. The maximum atomic E-state index is 13.1. The predicted octanol–water partition coefficient (Wildman–Crippen LogP) is 4.49. The van der Waals surface area contributed by atoms with Gasteiger partial charge >= 0.3 is 0 Å². The standard InChI is InChI=1S/C25H20ClFN2O5/c1-15(25(32)28-18-9-7-17(27)8-10-18)29-20-12-16(6-11-23(20)34-14-24(29)31)21(30)13-33-22-5-3-2-4-19(22)26/h2-12,15H,13-14H2,1H3,(H,28,32). The number of carbonyl (C=O) groups excluding carboxylic acids is 3. The van der Waals surface area contributed by atoms with Crippen molar-refractivity contribution >= 4 is 40.6 Å². The van der Waals surface area contributed by atoms with Crippen LogP contribution in [0.15, 0.2) is 66.7 Å². The Morgan fingerprint density at radius 2 is 1.88 bits per heavy atom. The molecule has 0 aromatic heterocycles. The molecule has 0 bridgehead atoms. The van der Waals surface area contributed by atoms with Crippen molar-refractivity contribution in [2.75, 3.05) is 23.4 Å². The van der Waals surface area contributed by atoms with E-state index in [4.69, 9.17) is 21.1 Å². The second-order valence-electron chi connectivity index (χ2n) is 7.55. The molecule has 0 spiro atoms. The van der Waals surface area contributed by atoms with Crippen molar-refractivity contribution in [3.05, 3.63) is 83.1 Å². The van der Waals surface area contributed by atoms with Crippen molar-refractivity contribution in [3.8, 4) is 11.5 Å². The summed E-state index contributed by atoms with van der Waals surface area (Å²) in [5, 5.41) is 3.04. The van der Waals surface area contributed by atoms with Crippen molar-refractivity contribution < 1.29 is 28.2 Å². The zero-order chi connectivity index (χ0) is 24.2. The number of hydrogen-bond donors (Lipinski definition) is 1. The Balaban J connectivity index is 1.53.